The fraction of sp³-hybridized carbons (Fsp3) is 0.722. The zero-order valence-electron chi connectivity index (χ0n) is 15.8. The highest BCUT2D eigenvalue weighted by atomic mass is 16.3. The number of hydrogen-bond acceptors (Lipinski definition) is 6. The van der Waals surface area contributed by atoms with E-state index >= 15 is 0 Å². The van der Waals surface area contributed by atoms with Crippen LogP contribution in [0.4, 0.5) is 11.8 Å². The maximum atomic E-state index is 11.7. The second-order valence-electron chi connectivity index (χ2n) is 8.25. The molecule has 0 spiro atoms. The minimum atomic E-state index is -0.567. The summed E-state index contributed by atoms with van der Waals surface area (Å²) in [5.41, 5.74) is 5.77. The smallest absolute Gasteiger partial charge is 0.254 e. The molecule has 7 nitrogen and oxygen atoms in total. The largest absolute Gasteiger partial charge is 0.393 e. The van der Waals surface area contributed by atoms with Crippen molar-refractivity contribution in [1.29, 1.82) is 0 Å². The summed E-state index contributed by atoms with van der Waals surface area (Å²) in [5, 5.41) is 16.7. The Morgan fingerprint density at radius 1 is 1.40 bits per heavy atom. The van der Waals surface area contributed by atoms with Crippen LogP contribution in [0.1, 0.15) is 64.2 Å². The summed E-state index contributed by atoms with van der Waals surface area (Å²) in [7, 11) is 0. The lowest BCUT2D eigenvalue weighted by Gasteiger charge is -2.32. The van der Waals surface area contributed by atoms with Gasteiger partial charge in [-0.3, -0.25) is 4.79 Å². The van der Waals surface area contributed by atoms with E-state index in [9.17, 15) is 9.90 Å². The molecular weight excluding hydrogens is 318 g/mol. The van der Waals surface area contributed by atoms with Crippen LogP contribution in [0.2, 0.25) is 0 Å². The Kier molecular flexibility index (Phi) is 5.87. The Morgan fingerprint density at radius 3 is 2.64 bits per heavy atom. The van der Waals surface area contributed by atoms with Gasteiger partial charge < -0.3 is 21.5 Å². The first-order chi connectivity index (χ1) is 11.6. The zero-order valence-corrected chi connectivity index (χ0v) is 15.8. The van der Waals surface area contributed by atoms with E-state index in [0.717, 1.165) is 12.8 Å². The number of aliphatic hydroxyl groups excluding tert-OH is 1. The number of amides is 1. The lowest BCUT2D eigenvalue weighted by atomic mass is 9.85. The second-order valence-corrected chi connectivity index (χ2v) is 8.25. The number of primary amides is 1. The zero-order chi connectivity index (χ0) is 18.8. The summed E-state index contributed by atoms with van der Waals surface area (Å²) < 4.78 is 0. The van der Waals surface area contributed by atoms with Crippen LogP contribution in [0, 0.1) is 11.3 Å². The maximum absolute atomic E-state index is 11.7. The van der Waals surface area contributed by atoms with Crippen molar-refractivity contribution in [2.75, 3.05) is 10.6 Å². The van der Waals surface area contributed by atoms with Crippen LogP contribution in [0.3, 0.4) is 0 Å². The van der Waals surface area contributed by atoms with Crippen molar-refractivity contribution in [2.45, 2.75) is 72.1 Å². The van der Waals surface area contributed by atoms with E-state index < -0.39 is 5.91 Å². The normalized spacial score (nSPS) is 25.3. The average molecular weight is 349 g/mol. The molecule has 1 amide bonds. The van der Waals surface area contributed by atoms with Gasteiger partial charge in [-0.1, -0.05) is 27.7 Å². The third kappa shape index (κ3) is 5.04. The van der Waals surface area contributed by atoms with Gasteiger partial charge in [0.25, 0.3) is 5.91 Å². The van der Waals surface area contributed by atoms with E-state index in [1.165, 1.54) is 6.20 Å². The van der Waals surface area contributed by atoms with Crippen LogP contribution in [0.15, 0.2) is 6.20 Å². The van der Waals surface area contributed by atoms with Gasteiger partial charge in [0.1, 0.15) is 5.82 Å². The molecule has 0 bridgehead atoms. The molecule has 1 saturated carbocycles. The molecule has 25 heavy (non-hydrogen) atoms. The molecular formula is C18H31N5O2. The highest BCUT2D eigenvalue weighted by Crippen LogP contribution is 2.28. The van der Waals surface area contributed by atoms with Crippen LogP contribution in [0.5, 0.6) is 0 Å². The molecule has 1 aromatic heterocycles. The fourth-order valence-electron chi connectivity index (χ4n) is 2.77. The van der Waals surface area contributed by atoms with Crippen molar-refractivity contribution in [2.24, 2.45) is 17.1 Å². The molecule has 1 aliphatic rings. The van der Waals surface area contributed by atoms with Gasteiger partial charge in [-0.15, -0.1) is 0 Å². The number of anilines is 2. The highest BCUT2D eigenvalue weighted by Gasteiger charge is 2.27. The molecule has 7 heteroatoms. The van der Waals surface area contributed by atoms with Crippen molar-refractivity contribution in [3.8, 4) is 0 Å². The Balaban J connectivity index is 2.19. The van der Waals surface area contributed by atoms with E-state index in [-0.39, 0.29) is 29.2 Å². The highest BCUT2D eigenvalue weighted by molar-refractivity contribution is 5.97. The van der Waals surface area contributed by atoms with Gasteiger partial charge in [0, 0.05) is 18.3 Å². The van der Waals surface area contributed by atoms with Crippen LogP contribution >= 0.6 is 0 Å². The molecule has 140 valence electrons. The minimum Gasteiger partial charge on any atom is -0.393 e. The van der Waals surface area contributed by atoms with Gasteiger partial charge in [0.15, 0.2) is 0 Å². The maximum Gasteiger partial charge on any atom is 0.254 e. The molecule has 1 fully saturated rings. The molecule has 2 rings (SSSR count). The Hall–Kier alpha value is -1.89. The summed E-state index contributed by atoms with van der Waals surface area (Å²) in [6.07, 6.45) is 3.59. The number of aliphatic hydroxyl groups is 1. The summed E-state index contributed by atoms with van der Waals surface area (Å²) in [4.78, 5) is 20.4. The average Bonchev–Trinajstić information content (AvgIpc) is 2.50. The Morgan fingerprint density at radius 2 is 2.08 bits per heavy atom. The first-order valence-corrected chi connectivity index (χ1v) is 8.96. The van der Waals surface area contributed by atoms with Crippen molar-refractivity contribution in [3.05, 3.63) is 11.8 Å². The Bertz CT molecular complexity index is 614. The molecule has 0 aliphatic heterocycles. The van der Waals surface area contributed by atoms with Gasteiger partial charge in [-0.25, -0.2) is 4.98 Å². The molecule has 5 N–H and O–H groups in total. The number of nitrogens with two attached hydrogens (primary N) is 1. The SMILES string of the molecule is C[C@@H]1CCC(Nc2nc(N[C@@H](C)C(C)(C)C)ncc2C(N)=O)C[C@H]1O. The van der Waals surface area contributed by atoms with Crippen molar-refractivity contribution in [1.82, 2.24) is 9.97 Å². The topological polar surface area (TPSA) is 113 Å². The van der Waals surface area contributed by atoms with E-state index in [2.05, 4.69) is 55.2 Å². The number of hydrogen-bond donors (Lipinski definition) is 4. The third-order valence-electron chi connectivity index (χ3n) is 5.19. The number of nitrogens with zero attached hydrogens (tertiary/aromatic N) is 2. The first kappa shape index (κ1) is 19.4. The number of nitrogens with one attached hydrogen (secondary N) is 2. The van der Waals surface area contributed by atoms with Crippen LogP contribution in [-0.2, 0) is 0 Å². The van der Waals surface area contributed by atoms with E-state index in [0.29, 0.717) is 24.1 Å². The van der Waals surface area contributed by atoms with Gasteiger partial charge in [-0.05, 0) is 37.5 Å². The van der Waals surface area contributed by atoms with Gasteiger partial charge in [0.05, 0.1) is 11.7 Å². The number of rotatable bonds is 5. The molecule has 1 aromatic rings. The molecule has 0 saturated heterocycles. The van der Waals surface area contributed by atoms with E-state index in [1.54, 1.807) is 0 Å². The predicted molar refractivity (Wildman–Crippen MR) is 99.5 cm³/mol. The third-order valence-corrected chi connectivity index (χ3v) is 5.19. The number of aromatic nitrogens is 2. The minimum absolute atomic E-state index is 0.0446. The molecule has 0 aromatic carbocycles. The predicted octanol–water partition coefficient (Wildman–Crippen LogP) is 2.38. The van der Waals surface area contributed by atoms with Gasteiger partial charge >= 0.3 is 0 Å². The number of carbonyl (C=O) groups excluding carboxylic acids is 1. The van der Waals surface area contributed by atoms with E-state index in [4.69, 9.17) is 5.73 Å². The summed E-state index contributed by atoms with van der Waals surface area (Å²) in [6.45, 7) is 10.5. The summed E-state index contributed by atoms with van der Waals surface area (Å²) >= 11 is 0. The van der Waals surface area contributed by atoms with Crippen LogP contribution in [-0.4, -0.2) is 39.2 Å². The van der Waals surface area contributed by atoms with Crippen molar-refractivity contribution >= 4 is 17.7 Å². The van der Waals surface area contributed by atoms with Crippen molar-refractivity contribution in [3.63, 3.8) is 0 Å². The van der Waals surface area contributed by atoms with E-state index in [1.807, 2.05) is 0 Å². The van der Waals surface area contributed by atoms with Gasteiger partial charge in [-0.2, -0.15) is 4.98 Å². The fourth-order valence-corrected chi connectivity index (χ4v) is 2.77. The lowest BCUT2D eigenvalue weighted by molar-refractivity contribution is 0.0739. The molecule has 0 radical (unpaired) electrons. The standard InChI is InChI=1S/C18H31N5O2/c1-10-6-7-12(8-14(10)24)22-16-13(15(19)25)9-20-17(23-16)21-11(2)18(3,4)5/h9-12,14,24H,6-8H2,1-5H3,(H2,19,25)(H2,20,21,22,23)/t10-,11+,12?,14-/m1/s1. The molecule has 1 aliphatic carbocycles. The lowest BCUT2D eigenvalue weighted by Crippen LogP contribution is -2.36. The van der Waals surface area contributed by atoms with Crippen LogP contribution in [0.25, 0.3) is 0 Å². The molecule has 1 unspecified atom stereocenters. The monoisotopic (exact) mass is 349 g/mol. The summed E-state index contributed by atoms with van der Waals surface area (Å²) in [6, 6.07) is 0.212. The summed E-state index contributed by atoms with van der Waals surface area (Å²) in [5.74, 6) is 0.615. The quantitative estimate of drug-likeness (QED) is 0.649. The van der Waals surface area contributed by atoms with Crippen LogP contribution < -0.4 is 16.4 Å². The molecule has 1 heterocycles. The number of carbonyl (C=O) groups is 1. The molecule has 4 atom stereocenters. The first-order valence-electron chi connectivity index (χ1n) is 8.96. The second kappa shape index (κ2) is 7.56. The van der Waals surface area contributed by atoms with Gasteiger partial charge in [0.2, 0.25) is 5.95 Å². The Labute approximate surface area is 149 Å². The van der Waals surface area contributed by atoms with Crippen molar-refractivity contribution < 1.29 is 9.90 Å².